The third kappa shape index (κ3) is 5.27. The Labute approximate surface area is 342 Å². The van der Waals surface area contributed by atoms with Gasteiger partial charge in [-0.05, 0) is 102 Å². The zero-order valence-electron chi connectivity index (χ0n) is 33.7. The highest BCUT2D eigenvalue weighted by molar-refractivity contribution is 5.97. The Morgan fingerprint density at radius 1 is 0.741 bits per heavy atom. The van der Waals surface area contributed by atoms with Gasteiger partial charge >= 0.3 is 0 Å². The molecule has 3 heterocycles. The highest BCUT2D eigenvalue weighted by Crippen LogP contribution is 2.59. The quantitative estimate of drug-likeness (QED) is 0.190. The fourth-order valence-electron chi connectivity index (χ4n) is 11.1. The van der Waals surface area contributed by atoms with Gasteiger partial charge in [-0.3, -0.25) is 0 Å². The summed E-state index contributed by atoms with van der Waals surface area (Å²) in [6, 6.07) is 54.1. The summed E-state index contributed by atoms with van der Waals surface area (Å²) < 4.78 is 6.59. The molecule has 4 aliphatic rings. The van der Waals surface area contributed by atoms with Gasteiger partial charge in [-0.2, -0.15) is 0 Å². The van der Waals surface area contributed by atoms with Gasteiger partial charge < -0.3 is 19.5 Å². The summed E-state index contributed by atoms with van der Waals surface area (Å²) >= 11 is 0. The lowest BCUT2D eigenvalue weighted by Crippen LogP contribution is -2.57. The van der Waals surface area contributed by atoms with Crippen molar-refractivity contribution in [2.24, 2.45) is 5.92 Å². The summed E-state index contributed by atoms with van der Waals surface area (Å²) in [4.78, 5) is 5.07. The average Bonchev–Trinajstić information content (AvgIpc) is 3.77. The van der Waals surface area contributed by atoms with Crippen molar-refractivity contribution in [1.82, 2.24) is 0 Å². The van der Waals surface area contributed by atoms with Crippen LogP contribution in [0.15, 0.2) is 162 Å². The van der Waals surface area contributed by atoms with Gasteiger partial charge in [-0.15, -0.1) is 0 Å². The number of furan rings is 1. The first-order valence-corrected chi connectivity index (χ1v) is 21.0. The molecule has 5 atom stereocenters. The number of nitrogens with one attached hydrogen (secondary N) is 1. The van der Waals surface area contributed by atoms with Crippen LogP contribution in [0, 0.1) is 5.92 Å². The fraction of sp³-hybridized carbons (Fsp3) is 0.222. The van der Waals surface area contributed by atoms with Crippen molar-refractivity contribution in [3.8, 4) is 11.1 Å². The molecule has 0 saturated carbocycles. The van der Waals surface area contributed by atoms with Crippen LogP contribution in [0.2, 0.25) is 0 Å². The Hall–Kier alpha value is -6.26. The van der Waals surface area contributed by atoms with E-state index in [9.17, 15) is 0 Å². The monoisotopic (exact) mass is 755 g/mol. The Morgan fingerprint density at radius 3 is 2.34 bits per heavy atom. The van der Waals surface area contributed by atoms with E-state index in [2.05, 4.69) is 207 Å². The fourth-order valence-corrected chi connectivity index (χ4v) is 11.1. The lowest BCUT2D eigenvalue weighted by Gasteiger charge is -2.49. The van der Waals surface area contributed by atoms with Crippen molar-refractivity contribution in [3.05, 3.63) is 191 Å². The van der Waals surface area contributed by atoms with Crippen LogP contribution in [0.3, 0.4) is 0 Å². The molecule has 0 fully saturated rings. The lowest BCUT2D eigenvalue weighted by molar-refractivity contribution is 0.395. The molecule has 4 heteroatoms. The number of likely N-dealkylation sites (N-methyl/N-ethyl adjacent to an activating group) is 1. The van der Waals surface area contributed by atoms with E-state index < -0.39 is 5.66 Å². The lowest BCUT2D eigenvalue weighted by atomic mass is 9.62. The van der Waals surface area contributed by atoms with E-state index in [1.54, 1.807) is 0 Å². The maximum Gasteiger partial charge on any atom is 0.142 e. The average molecular weight is 756 g/mol. The zero-order chi connectivity index (χ0) is 39.2. The predicted octanol–water partition coefficient (Wildman–Crippen LogP) is 13.7. The molecule has 0 spiro atoms. The van der Waals surface area contributed by atoms with Crippen molar-refractivity contribution in [3.63, 3.8) is 0 Å². The third-order valence-electron chi connectivity index (χ3n) is 13.9. The number of hydrogen-bond acceptors (Lipinski definition) is 4. The van der Waals surface area contributed by atoms with E-state index in [1.165, 1.54) is 50.2 Å². The van der Waals surface area contributed by atoms with Gasteiger partial charge in [0.25, 0.3) is 0 Å². The van der Waals surface area contributed by atoms with Gasteiger partial charge in [0.05, 0.1) is 17.4 Å². The Balaban J connectivity index is 1.06. The Bertz CT molecular complexity index is 2780. The number of para-hydroxylation sites is 3. The van der Waals surface area contributed by atoms with Crippen LogP contribution in [0.25, 0.3) is 33.7 Å². The molecule has 286 valence electrons. The second kappa shape index (κ2) is 13.1. The Morgan fingerprint density at radius 2 is 1.50 bits per heavy atom. The summed E-state index contributed by atoms with van der Waals surface area (Å²) in [6.45, 7) is 7.27. The normalized spacial score (nSPS) is 24.4. The van der Waals surface area contributed by atoms with Gasteiger partial charge in [0.15, 0.2) is 0 Å². The molecule has 2 aliphatic carbocycles. The van der Waals surface area contributed by atoms with Crippen molar-refractivity contribution in [2.75, 3.05) is 22.2 Å². The minimum atomic E-state index is -0.477. The molecule has 11 rings (SSSR count). The van der Waals surface area contributed by atoms with E-state index in [4.69, 9.17) is 4.42 Å². The van der Waals surface area contributed by atoms with Crippen LogP contribution in [-0.2, 0) is 11.8 Å². The largest absolute Gasteiger partial charge is 0.456 e. The molecule has 0 radical (unpaired) electrons. The topological polar surface area (TPSA) is 31.6 Å². The van der Waals surface area contributed by atoms with E-state index in [-0.39, 0.29) is 11.5 Å². The highest BCUT2D eigenvalue weighted by Gasteiger charge is 2.54. The smallest absolute Gasteiger partial charge is 0.142 e. The number of benzene rings is 6. The van der Waals surface area contributed by atoms with Gasteiger partial charge in [0.1, 0.15) is 17.0 Å². The van der Waals surface area contributed by atoms with Crippen molar-refractivity contribution in [2.45, 2.75) is 63.1 Å². The first kappa shape index (κ1) is 34.9. The number of aryl methyl sites for hydroxylation is 1. The van der Waals surface area contributed by atoms with Crippen molar-refractivity contribution in [1.29, 1.82) is 0 Å². The van der Waals surface area contributed by atoms with Crippen LogP contribution >= 0.6 is 0 Å². The number of nitrogens with zero attached hydrogens (tertiary/aromatic N) is 2. The first-order chi connectivity index (χ1) is 28.3. The highest BCUT2D eigenvalue weighted by atomic mass is 16.3. The summed E-state index contributed by atoms with van der Waals surface area (Å²) in [5.41, 5.74) is 15.6. The second-order valence-electron chi connectivity index (χ2n) is 17.4. The molecular weight excluding hydrogens is 707 g/mol. The molecule has 0 amide bonds. The Kier molecular flexibility index (Phi) is 7.92. The molecular formula is C54H49N3O. The minimum Gasteiger partial charge on any atom is -0.456 e. The summed E-state index contributed by atoms with van der Waals surface area (Å²) in [7, 11) is 2.28. The molecule has 58 heavy (non-hydrogen) atoms. The SMILES string of the molecule is C[C@H]1C(c2ccccc2)=CC(C)(c2ccccc2)CC1c1ccc2c(c1)C1N(C)c3ccccc3NC1(C)N2c1cccc(-c2cccc3c4c(oc23)C=CCC4)c1. The number of allylic oxidation sites excluding steroid dienone is 3. The zero-order valence-corrected chi connectivity index (χ0v) is 33.7. The van der Waals surface area contributed by atoms with Crippen LogP contribution < -0.4 is 15.1 Å². The van der Waals surface area contributed by atoms with Crippen LogP contribution in [0.5, 0.6) is 0 Å². The van der Waals surface area contributed by atoms with Crippen LogP contribution in [0.1, 0.15) is 79.2 Å². The first-order valence-electron chi connectivity index (χ1n) is 21.0. The van der Waals surface area contributed by atoms with Gasteiger partial charge in [0, 0.05) is 45.9 Å². The molecule has 7 aromatic rings. The molecule has 0 bridgehead atoms. The summed E-state index contributed by atoms with van der Waals surface area (Å²) in [5, 5.41) is 5.33. The maximum absolute atomic E-state index is 6.59. The number of hydrogen-bond donors (Lipinski definition) is 1. The van der Waals surface area contributed by atoms with E-state index in [0.29, 0.717) is 11.8 Å². The van der Waals surface area contributed by atoms with Gasteiger partial charge in [0.2, 0.25) is 0 Å². The molecule has 4 nitrogen and oxygen atoms in total. The number of anilines is 4. The molecule has 2 aliphatic heterocycles. The number of fused-ring (bicyclic) bond motifs is 7. The molecule has 1 N–H and O–H groups in total. The van der Waals surface area contributed by atoms with Crippen molar-refractivity contribution < 1.29 is 4.42 Å². The third-order valence-corrected chi connectivity index (χ3v) is 13.9. The summed E-state index contributed by atoms with van der Waals surface area (Å²) in [5.74, 6) is 1.66. The minimum absolute atomic E-state index is 0.0524. The summed E-state index contributed by atoms with van der Waals surface area (Å²) in [6.07, 6.45) is 10.1. The molecule has 6 aromatic carbocycles. The predicted molar refractivity (Wildman–Crippen MR) is 242 cm³/mol. The van der Waals surface area contributed by atoms with Gasteiger partial charge in [-0.1, -0.05) is 141 Å². The van der Waals surface area contributed by atoms with Crippen molar-refractivity contribution >= 4 is 45.4 Å². The van der Waals surface area contributed by atoms with Crippen LogP contribution in [0.4, 0.5) is 22.7 Å². The molecule has 1 aromatic heterocycles. The molecule has 0 saturated heterocycles. The van der Waals surface area contributed by atoms with E-state index in [1.807, 2.05) is 0 Å². The second-order valence-corrected chi connectivity index (χ2v) is 17.4. The standard InChI is InChI=1S/C54H49N3O/c1-35-45(36-17-7-5-8-18-36)33-53(2,39-20-9-6-10-21-39)34-46(35)38-29-30-48-44(32-38)52-54(3,55-47-26-12-13-27-49(47)56(52)4)57(48)40-22-15-19-37(31-40)41-24-16-25-43-42-23-11-14-28-50(42)58-51(41)43/h5-10,12-22,24-33,35,46,52,55H,11,23,34H2,1-4H3/t35-,46?,52?,53?,54?/m0/s1. The number of rotatable bonds is 5. The van der Waals surface area contributed by atoms with E-state index in [0.717, 1.165) is 53.1 Å². The van der Waals surface area contributed by atoms with Crippen LogP contribution in [-0.4, -0.2) is 12.7 Å². The van der Waals surface area contributed by atoms with Gasteiger partial charge in [-0.25, -0.2) is 0 Å². The maximum atomic E-state index is 6.59. The van der Waals surface area contributed by atoms with E-state index >= 15 is 0 Å². The molecule has 4 unspecified atom stereocenters.